The van der Waals surface area contributed by atoms with Gasteiger partial charge in [0, 0.05) is 19.6 Å². The Morgan fingerprint density at radius 2 is 1.71 bits per heavy atom. The lowest BCUT2D eigenvalue weighted by molar-refractivity contribution is 0.158. The molecule has 0 saturated carbocycles. The summed E-state index contributed by atoms with van der Waals surface area (Å²) >= 11 is 0. The Hall–Kier alpha value is -1.59. The van der Waals surface area contributed by atoms with Crippen LogP contribution in [0.25, 0.3) is 0 Å². The summed E-state index contributed by atoms with van der Waals surface area (Å²) in [6.07, 6.45) is 0. The highest BCUT2D eigenvalue weighted by molar-refractivity contribution is 5.74. The predicted molar refractivity (Wildman–Crippen MR) is 64.4 cm³/mol. The fourth-order valence-corrected chi connectivity index (χ4v) is 1.44. The summed E-state index contributed by atoms with van der Waals surface area (Å²) in [7, 11) is 0. The van der Waals surface area contributed by atoms with Crippen molar-refractivity contribution in [1.82, 2.24) is 10.2 Å². The zero-order chi connectivity index (χ0) is 12.5. The van der Waals surface area contributed by atoms with E-state index in [1.165, 1.54) is 4.90 Å². The van der Waals surface area contributed by atoms with E-state index in [0.717, 1.165) is 5.56 Å². The average Bonchev–Trinajstić information content (AvgIpc) is 2.37. The summed E-state index contributed by atoms with van der Waals surface area (Å²) in [6.45, 7) is 0.660. The Balaban J connectivity index is 2.41. The van der Waals surface area contributed by atoms with Gasteiger partial charge in [-0.1, -0.05) is 30.3 Å². The number of nitrogens with one attached hydrogen (secondary N) is 1. The fraction of sp³-hybridized carbons (Fsp3) is 0.417. The topological polar surface area (TPSA) is 72.8 Å². The molecule has 5 nitrogen and oxygen atoms in total. The highest BCUT2D eigenvalue weighted by Crippen LogP contribution is 1.98. The molecule has 17 heavy (non-hydrogen) atoms. The molecule has 0 aliphatic heterocycles. The van der Waals surface area contributed by atoms with Crippen LogP contribution >= 0.6 is 0 Å². The van der Waals surface area contributed by atoms with Crippen LogP contribution in [0.5, 0.6) is 0 Å². The lowest BCUT2D eigenvalue weighted by Crippen LogP contribution is -2.42. The predicted octanol–water partition coefficient (Wildman–Crippen LogP) is 0.183. The Labute approximate surface area is 101 Å². The molecule has 0 atom stereocenters. The maximum absolute atomic E-state index is 11.7. The smallest absolute Gasteiger partial charge is 0.317 e. The first-order valence-corrected chi connectivity index (χ1v) is 5.56. The molecule has 0 aliphatic rings. The number of rotatable bonds is 6. The molecule has 0 spiro atoms. The maximum atomic E-state index is 11.7. The molecule has 1 aromatic carbocycles. The second-order valence-corrected chi connectivity index (χ2v) is 3.58. The van der Waals surface area contributed by atoms with E-state index in [1.807, 2.05) is 30.3 Å². The van der Waals surface area contributed by atoms with Crippen molar-refractivity contribution >= 4 is 6.03 Å². The first-order valence-electron chi connectivity index (χ1n) is 5.56. The molecule has 5 heteroatoms. The van der Waals surface area contributed by atoms with Crippen molar-refractivity contribution in [1.29, 1.82) is 0 Å². The minimum absolute atomic E-state index is 0.112. The number of amides is 2. The van der Waals surface area contributed by atoms with Crippen LogP contribution in [-0.2, 0) is 6.54 Å². The van der Waals surface area contributed by atoms with Crippen LogP contribution in [-0.4, -0.2) is 47.4 Å². The summed E-state index contributed by atoms with van der Waals surface area (Å²) in [6, 6.07) is 9.28. The largest absolute Gasteiger partial charge is 0.395 e. The lowest BCUT2D eigenvalue weighted by Gasteiger charge is -2.21. The number of carbonyl (C=O) groups excluding carboxylic acids is 1. The van der Waals surface area contributed by atoms with Gasteiger partial charge in [0.1, 0.15) is 0 Å². The number of hydrogen-bond donors (Lipinski definition) is 3. The molecule has 1 aromatic rings. The molecule has 0 unspecified atom stereocenters. The van der Waals surface area contributed by atoms with Gasteiger partial charge in [-0.05, 0) is 5.56 Å². The number of hydrogen-bond acceptors (Lipinski definition) is 3. The first-order chi connectivity index (χ1) is 8.27. The zero-order valence-electron chi connectivity index (χ0n) is 9.67. The number of nitrogens with zero attached hydrogens (tertiary/aromatic N) is 1. The van der Waals surface area contributed by atoms with E-state index in [9.17, 15) is 4.79 Å². The lowest BCUT2D eigenvalue weighted by atomic mass is 10.2. The molecular weight excluding hydrogens is 220 g/mol. The molecule has 0 radical (unpaired) electrons. The van der Waals surface area contributed by atoms with Crippen molar-refractivity contribution in [3.05, 3.63) is 35.9 Å². The summed E-state index contributed by atoms with van der Waals surface area (Å²) in [5.41, 5.74) is 1.01. The molecule has 1 rings (SSSR count). The van der Waals surface area contributed by atoms with E-state index in [1.54, 1.807) is 0 Å². The van der Waals surface area contributed by atoms with E-state index in [2.05, 4.69) is 5.32 Å². The van der Waals surface area contributed by atoms with Crippen LogP contribution in [0.15, 0.2) is 30.3 Å². The molecule has 0 fully saturated rings. The van der Waals surface area contributed by atoms with Gasteiger partial charge in [0.2, 0.25) is 0 Å². The molecule has 3 N–H and O–H groups in total. The minimum Gasteiger partial charge on any atom is -0.395 e. The van der Waals surface area contributed by atoms with E-state index >= 15 is 0 Å². The van der Waals surface area contributed by atoms with Crippen molar-refractivity contribution in [3.8, 4) is 0 Å². The quantitative estimate of drug-likeness (QED) is 0.662. The van der Waals surface area contributed by atoms with Crippen LogP contribution in [0, 0.1) is 0 Å². The summed E-state index contributed by atoms with van der Waals surface area (Å²) in [4.78, 5) is 13.1. The third-order valence-corrected chi connectivity index (χ3v) is 2.31. The summed E-state index contributed by atoms with van der Waals surface area (Å²) in [5, 5.41) is 20.3. The first kappa shape index (κ1) is 13.5. The zero-order valence-corrected chi connectivity index (χ0v) is 9.67. The van der Waals surface area contributed by atoms with E-state index < -0.39 is 0 Å². The molecule has 0 aromatic heterocycles. The van der Waals surface area contributed by atoms with Crippen molar-refractivity contribution in [2.45, 2.75) is 6.54 Å². The number of benzene rings is 1. The van der Waals surface area contributed by atoms with Crippen molar-refractivity contribution in [2.24, 2.45) is 0 Å². The van der Waals surface area contributed by atoms with Gasteiger partial charge in [0.25, 0.3) is 0 Å². The van der Waals surface area contributed by atoms with Crippen LogP contribution in [0.4, 0.5) is 4.79 Å². The summed E-state index contributed by atoms with van der Waals surface area (Å²) in [5.74, 6) is 0. The number of carbonyl (C=O) groups is 1. The SMILES string of the molecule is O=C(NCc1ccccc1)N(CCO)CCO. The molecule has 2 amide bonds. The minimum atomic E-state index is -0.281. The number of aliphatic hydroxyl groups is 2. The Morgan fingerprint density at radius 1 is 1.12 bits per heavy atom. The highest BCUT2D eigenvalue weighted by atomic mass is 16.3. The standard InChI is InChI=1S/C12H18N2O3/c15-8-6-14(7-9-16)12(17)13-10-11-4-2-1-3-5-11/h1-5,15-16H,6-10H2,(H,13,17). The third kappa shape index (κ3) is 4.84. The number of aliphatic hydroxyl groups excluding tert-OH is 2. The Kier molecular flexibility index (Phi) is 6.06. The second kappa shape index (κ2) is 7.65. The van der Waals surface area contributed by atoms with Gasteiger partial charge < -0.3 is 20.4 Å². The van der Waals surface area contributed by atoms with Crippen LogP contribution in [0.1, 0.15) is 5.56 Å². The van der Waals surface area contributed by atoms with Gasteiger partial charge >= 0.3 is 6.03 Å². The van der Waals surface area contributed by atoms with Crippen LogP contribution < -0.4 is 5.32 Å². The Morgan fingerprint density at radius 3 is 2.24 bits per heavy atom. The van der Waals surface area contributed by atoms with Crippen molar-refractivity contribution in [2.75, 3.05) is 26.3 Å². The normalized spacial score (nSPS) is 10.0. The van der Waals surface area contributed by atoms with Crippen molar-refractivity contribution < 1.29 is 15.0 Å². The highest BCUT2D eigenvalue weighted by Gasteiger charge is 2.11. The van der Waals surface area contributed by atoms with E-state index in [-0.39, 0.29) is 32.3 Å². The molecule has 0 saturated heterocycles. The van der Waals surface area contributed by atoms with Gasteiger partial charge in [0.15, 0.2) is 0 Å². The molecule has 94 valence electrons. The van der Waals surface area contributed by atoms with Gasteiger partial charge in [-0.15, -0.1) is 0 Å². The Bertz CT molecular complexity index is 324. The number of urea groups is 1. The molecule has 0 aliphatic carbocycles. The van der Waals surface area contributed by atoms with Crippen molar-refractivity contribution in [3.63, 3.8) is 0 Å². The monoisotopic (exact) mass is 238 g/mol. The van der Waals surface area contributed by atoms with Gasteiger partial charge in [-0.3, -0.25) is 0 Å². The molecule has 0 bridgehead atoms. The van der Waals surface area contributed by atoms with Gasteiger partial charge in [-0.25, -0.2) is 4.79 Å². The van der Waals surface area contributed by atoms with Crippen LogP contribution in [0.2, 0.25) is 0 Å². The van der Waals surface area contributed by atoms with E-state index in [0.29, 0.717) is 6.54 Å². The maximum Gasteiger partial charge on any atom is 0.317 e. The van der Waals surface area contributed by atoms with Crippen LogP contribution in [0.3, 0.4) is 0 Å². The fourth-order valence-electron chi connectivity index (χ4n) is 1.44. The summed E-state index contributed by atoms with van der Waals surface area (Å²) < 4.78 is 0. The average molecular weight is 238 g/mol. The van der Waals surface area contributed by atoms with Gasteiger partial charge in [-0.2, -0.15) is 0 Å². The second-order valence-electron chi connectivity index (χ2n) is 3.58. The third-order valence-electron chi connectivity index (χ3n) is 2.31. The van der Waals surface area contributed by atoms with Gasteiger partial charge in [0.05, 0.1) is 13.2 Å². The molecular formula is C12H18N2O3. The van der Waals surface area contributed by atoms with E-state index in [4.69, 9.17) is 10.2 Å². The molecule has 0 heterocycles.